The SMILES string of the molecule is CC(C)CNC(=O)C=CC=CCC1CCc2cc3c(cc2O1)OCO3. The number of aryl methyl sites for hydroxylation is 1. The maximum Gasteiger partial charge on any atom is 0.243 e. The smallest absolute Gasteiger partial charge is 0.243 e. The number of nitrogens with one attached hydrogen (secondary N) is 1. The number of hydrogen-bond acceptors (Lipinski definition) is 4. The number of benzene rings is 1. The van der Waals surface area contributed by atoms with Crippen LogP contribution in [0.2, 0.25) is 0 Å². The van der Waals surface area contributed by atoms with Crippen LogP contribution in [0.3, 0.4) is 0 Å². The van der Waals surface area contributed by atoms with Gasteiger partial charge in [-0.25, -0.2) is 0 Å². The highest BCUT2D eigenvalue weighted by Gasteiger charge is 2.23. The summed E-state index contributed by atoms with van der Waals surface area (Å²) < 4.78 is 16.9. The van der Waals surface area contributed by atoms with E-state index in [4.69, 9.17) is 14.2 Å². The van der Waals surface area contributed by atoms with Crippen molar-refractivity contribution in [1.82, 2.24) is 5.32 Å². The van der Waals surface area contributed by atoms with Crippen LogP contribution in [0.25, 0.3) is 0 Å². The molecule has 1 unspecified atom stereocenters. The predicted octanol–water partition coefficient (Wildman–Crippen LogP) is 3.38. The third kappa shape index (κ3) is 4.78. The molecule has 1 aromatic rings. The minimum atomic E-state index is -0.0581. The molecule has 5 nitrogen and oxygen atoms in total. The molecule has 0 bridgehead atoms. The summed E-state index contributed by atoms with van der Waals surface area (Å²) in [6.07, 6.45) is 10.1. The number of carbonyl (C=O) groups is 1. The van der Waals surface area contributed by atoms with Gasteiger partial charge >= 0.3 is 0 Å². The predicted molar refractivity (Wildman–Crippen MR) is 96.0 cm³/mol. The molecule has 1 aromatic carbocycles. The van der Waals surface area contributed by atoms with Gasteiger partial charge in [-0.05, 0) is 30.4 Å². The molecule has 3 rings (SSSR count). The summed E-state index contributed by atoms with van der Waals surface area (Å²) >= 11 is 0. The van der Waals surface area contributed by atoms with Crippen LogP contribution in [0, 0.1) is 5.92 Å². The summed E-state index contributed by atoms with van der Waals surface area (Å²) in [4.78, 5) is 11.6. The number of amides is 1. The lowest BCUT2D eigenvalue weighted by Crippen LogP contribution is -2.25. The van der Waals surface area contributed by atoms with Crippen molar-refractivity contribution in [2.75, 3.05) is 13.3 Å². The van der Waals surface area contributed by atoms with Gasteiger partial charge in [0.05, 0.1) is 0 Å². The maximum absolute atomic E-state index is 11.6. The quantitative estimate of drug-likeness (QED) is 0.635. The minimum Gasteiger partial charge on any atom is -0.490 e. The van der Waals surface area contributed by atoms with Gasteiger partial charge in [0.2, 0.25) is 12.7 Å². The van der Waals surface area contributed by atoms with E-state index in [1.807, 2.05) is 24.3 Å². The van der Waals surface area contributed by atoms with Crippen molar-refractivity contribution in [2.24, 2.45) is 5.92 Å². The molecule has 5 heteroatoms. The van der Waals surface area contributed by atoms with E-state index in [2.05, 4.69) is 19.2 Å². The highest BCUT2D eigenvalue weighted by Crippen LogP contribution is 2.41. The third-order valence-electron chi connectivity index (χ3n) is 4.16. The van der Waals surface area contributed by atoms with Crippen LogP contribution in [0.1, 0.15) is 32.3 Å². The summed E-state index contributed by atoms with van der Waals surface area (Å²) in [6.45, 7) is 5.11. The molecule has 2 aliphatic rings. The zero-order valence-corrected chi connectivity index (χ0v) is 14.8. The molecule has 1 N–H and O–H groups in total. The van der Waals surface area contributed by atoms with Gasteiger partial charge in [-0.1, -0.05) is 32.1 Å². The van der Waals surface area contributed by atoms with Gasteiger partial charge in [0.15, 0.2) is 11.5 Å². The summed E-state index contributed by atoms with van der Waals surface area (Å²) in [5.41, 5.74) is 1.17. The van der Waals surface area contributed by atoms with Crippen LogP contribution in [0.4, 0.5) is 0 Å². The Labute approximate surface area is 148 Å². The van der Waals surface area contributed by atoms with E-state index in [0.717, 1.165) is 36.5 Å². The number of hydrogen-bond donors (Lipinski definition) is 1. The van der Waals surface area contributed by atoms with Gasteiger partial charge in [0.25, 0.3) is 0 Å². The number of fused-ring (bicyclic) bond motifs is 2. The zero-order chi connectivity index (χ0) is 17.6. The number of ether oxygens (including phenoxy) is 3. The first-order valence-electron chi connectivity index (χ1n) is 8.82. The number of carbonyl (C=O) groups excluding carboxylic acids is 1. The minimum absolute atomic E-state index is 0.0581. The molecule has 1 atom stereocenters. The number of allylic oxidation sites excluding steroid dienone is 2. The van der Waals surface area contributed by atoms with Crippen LogP contribution in [0.15, 0.2) is 36.4 Å². The Morgan fingerprint density at radius 2 is 2.04 bits per heavy atom. The van der Waals surface area contributed by atoms with Crippen molar-refractivity contribution in [1.29, 1.82) is 0 Å². The molecule has 1 amide bonds. The van der Waals surface area contributed by atoms with E-state index >= 15 is 0 Å². The largest absolute Gasteiger partial charge is 0.490 e. The lowest BCUT2D eigenvalue weighted by atomic mass is 10.00. The van der Waals surface area contributed by atoms with Gasteiger partial charge in [0, 0.05) is 25.1 Å². The van der Waals surface area contributed by atoms with E-state index in [9.17, 15) is 4.79 Å². The van der Waals surface area contributed by atoms with Crippen molar-refractivity contribution in [2.45, 2.75) is 39.2 Å². The summed E-state index contributed by atoms with van der Waals surface area (Å²) in [5.74, 6) is 2.85. The Balaban J connectivity index is 1.46. The molecule has 0 radical (unpaired) electrons. The summed E-state index contributed by atoms with van der Waals surface area (Å²) in [5, 5.41) is 2.85. The monoisotopic (exact) mass is 343 g/mol. The molecule has 25 heavy (non-hydrogen) atoms. The first-order valence-corrected chi connectivity index (χ1v) is 8.82. The molecular weight excluding hydrogens is 318 g/mol. The van der Waals surface area contributed by atoms with Crippen LogP contribution < -0.4 is 19.5 Å². The van der Waals surface area contributed by atoms with Crippen LogP contribution in [-0.4, -0.2) is 25.3 Å². The van der Waals surface area contributed by atoms with Crippen LogP contribution in [0.5, 0.6) is 17.2 Å². The fourth-order valence-corrected chi connectivity index (χ4v) is 2.81. The summed E-state index contributed by atoms with van der Waals surface area (Å²) in [7, 11) is 0. The molecule has 0 saturated carbocycles. The molecule has 2 heterocycles. The highest BCUT2D eigenvalue weighted by atomic mass is 16.7. The Morgan fingerprint density at radius 3 is 2.84 bits per heavy atom. The molecule has 0 aromatic heterocycles. The molecule has 0 fully saturated rings. The molecule has 0 saturated heterocycles. The second kappa shape index (κ2) is 8.10. The summed E-state index contributed by atoms with van der Waals surface area (Å²) in [6, 6.07) is 3.94. The average molecular weight is 343 g/mol. The van der Waals surface area contributed by atoms with Gasteiger partial charge in [0.1, 0.15) is 11.9 Å². The standard InChI is InChI=1S/C20H25NO4/c1-14(2)12-21-20(22)7-5-3-4-6-16-9-8-15-10-18-19(24-13-23-18)11-17(15)25-16/h3-5,7,10-11,14,16H,6,8-9,12-13H2,1-2H3,(H,21,22). The van der Waals surface area contributed by atoms with E-state index in [1.165, 1.54) is 5.56 Å². The number of rotatable bonds is 6. The highest BCUT2D eigenvalue weighted by molar-refractivity contribution is 5.87. The van der Waals surface area contributed by atoms with Gasteiger partial charge in [-0.3, -0.25) is 4.79 Å². The van der Waals surface area contributed by atoms with Crippen molar-refractivity contribution >= 4 is 5.91 Å². The van der Waals surface area contributed by atoms with Gasteiger partial charge < -0.3 is 19.5 Å². The molecule has 134 valence electrons. The van der Waals surface area contributed by atoms with Crippen LogP contribution in [-0.2, 0) is 11.2 Å². The normalized spacial score (nSPS) is 18.6. The van der Waals surface area contributed by atoms with Crippen LogP contribution >= 0.6 is 0 Å². The Bertz CT molecular complexity index is 679. The van der Waals surface area contributed by atoms with E-state index in [-0.39, 0.29) is 18.8 Å². The second-order valence-corrected chi connectivity index (χ2v) is 6.75. The topological polar surface area (TPSA) is 56.8 Å². The first kappa shape index (κ1) is 17.4. The second-order valence-electron chi connectivity index (χ2n) is 6.75. The van der Waals surface area contributed by atoms with Gasteiger partial charge in [-0.15, -0.1) is 0 Å². The average Bonchev–Trinajstić information content (AvgIpc) is 3.04. The fraction of sp³-hybridized carbons (Fsp3) is 0.450. The van der Waals surface area contributed by atoms with Crippen molar-refractivity contribution in [3.63, 3.8) is 0 Å². The van der Waals surface area contributed by atoms with Gasteiger partial charge in [-0.2, -0.15) is 0 Å². The van der Waals surface area contributed by atoms with E-state index < -0.39 is 0 Å². The Hall–Kier alpha value is -2.43. The van der Waals surface area contributed by atoms with Crippen molar-refractivity contribution < 1.29 is 19.0 Å². The van der Waals surface area contributed by atoms with E-state index in [1.54, 1.807) is 12.2 Å². The Morgan fingerprint density at radius 1 is 1.24 bits per heavy atom. The molecule has 0 aliphatic carbocycles. The maximum atomic E-state index is 11.6. The zero-order valence-electron chi connectivity index (χ0n) is 14.8. The lowest BCUT2D eigenvalue weighted by Gasteiger charge is -2.25. The fourth-order valence-electron chi connectivity index (χ4n) is 2.81. The van der Waals surface area contributed by atoms with E-state index in [0.29, 0.717) is 12.5 Å². The van der Waals surface area contributed by atoms with Crippen molar-refractivity contribution in [3.8, 4) is 17.2 Å². The first-order chi connectivity index (χ1) is 12.1. The van der Waals surface area contributed by atoms with Crippen molar-refractivity contribution in [3.05, 3.63) is 42.0 Å². The molecule has 0 spiro atoms. The molecular formula is C20H25NO4. The Kier molecular flexibility index (Phi) is 5.64. The third-order valence-corrected chi connectivity index (χ3v) is 4.16. The molecule has 2 aliphatic heterocycles. The lowest BCUT2D eigenvalue weighted by molar-refractivity contribution is -0.116.